The maximum absolute atomic E-state index is 12.6. The SMILES string of the molecule is CC1OCCC1(C)NC(=O)C(/C(N)=N/O)c1ccccc1. The third-order valence-electron chi connectivity index (χ3n) is 4.10. The van der Waals surface area contributed by atoms with Crippen LogP contribution in [-0.2, 0) is 9.53 Å². The van der Waals surface area contributed by atoms with E-state index in [0.29, 0.717) is 12.2 Å². The van der Waals surface area contributed by atoms with Gasteiger partial charge in [-0.05, 0) is 25.8 Å². The molecule has 1 aliphatic heterocycles. The molecule has 3 unspecified atom stereocenters. The van der Waals surface area contributed by atoms with Crippen molar-refractivity contribution in [1.29, 1.82) is 0 Å². The highest BCUT2D eigenvalue weighted by atomic mass is 16.5. The summed E-state index contributed by atoms with van der Waals surface area (Å²) in [5.74, 6) is -1.24. The molecule has 1 aromatic carbocycles. The molecule has 0 bridgehead atoms. The Morgan fingerprint density at radius 2 is 2.19 bits per heavy atom. The summed E-state index contributed by atoms with van der Waals surface area (Å²) in [6.07, 6.45) is 0.655. The summed E-state index contributed by atoms with van der Waals surface area (Å²) < 4.78 is 5.52. The number of amidine groups is 1. The van der Waals surface area contributed by atoms with Crippen LogP contribution in [0.1, 0.15) is 31.7 Å². The van der Waals surface area contributed by atoms with Gasteiger partial charge in [0.25, 0.3) is 0 Å². The van der Waals surface area contributed by atoms with E-state index >= 15 is 0 Å². The molecule has 0 aliphatic carbocycles. The van der Waals surface area contributed by atoms with Crippen LogP contribution >= 0.6 is 0 Å². The second-order valence-electron chi connectivity index (χ2n) is 5.54. The minimum atomic E-state index is -0.819. The van der Waals surface area contributed by atoms with Crippen LogP contribution in [0, 0.1) is 0 Å². The molecule has 1 heterocycles. The van der Waals surface area contributed by atoms with E-state index < -0.39 is 11.5 Å². The molecule has 1 amide bonds. The molecule has 0 aromatic heterocycles. The topological polar surface area (TPSA) is 96.9 Å². The largest absolute Gasteiger partial charge is 0.409 e. The van der Waals surface area contributed by atoms with Gasteiger partial charge in [0.1, 0.15) is 5.92 Å². The van der Waals surface area contributed by atoms with Crippen molar-refractivity contribution in [2.75, 3.05) is 6.61 Å². The molecule has 21 heavy (non-hydrogen) atoms. The second kappa shape index (κ2) is 6.13. The fourth-order valence-corrected chi connectivity index (χ4v) is 2.51. The first-order chi connectivity index (χ1) is 9.98. The van der Waals surface area contributed by atoms with Crippen LogP contribution in [-0.4, -0.2) is 35.2 Å². The number of ether oxygens (including phenoxy) is 1. The predicted molar refractivity (Wildman–Crippen MR) is 79.2 cm³/mol. The van der Waals surface area contributed by atoms with Gasteiger partial charge in [-0.3, -0.25) is 4.79 Å². The van der Waals surface area contributed by atoms with Crippen LogP contribution in [0.5, 0.6) is 0 Å². The Bertz CT molecular complexity index is 532. The quantitative estimate of drug-likeness (QED) is 0.336. The number of amides is 1. The monoisotopic (exact) mass is 291 g/mol. The molecule has 0 radical (unpaired) electrons. The molecular formula is C15H21N3O3. The number of nitrogens with two attached hydrogens (primary N) is 1. The molecule has 1 aromatic rings. The second-order valence-corrected chi connectivity index (χ2v) is 5.54. The highest BCUT2D eigenvalue weighted by Gasteiger charge is 2.40. The van der Waals surface area contributed by atoms with Gasteiger partial charge in [0, 0.05) is 6.61 Å². The molecule has 1 fully saturated rings. The van der Waals surface area contributed by atoms with Crippen LogP contribution in [0.2, 0.25) is 0 Å². The summed E-state index contributed by atoms with van der Waals surface area (Å²) >= 11 is 0. The standard InChI is InChI=1S/C15H21N3O3/c1-10-15(2,8-9-21-10)17-14(19)12(13(16)18-20)11-6-4-3-5-7-11/h3-7,10,12,20H,8-9H2,1-2H3,(H2,16,18)(H,17,19). The van der Waals surface area contributed by atoms with E-state index in [1.807, 2.05) is 32.0 Å². The van der Waals surface area contributed by atoms with E-state index in [0.717, 1.165) is 6.42 Å². The Labute approximate surface area is 124 Å². The summed E-state index contributed by atoms with van der Waals surface area (Å²) in [6, 6.07) is 9.02. The van der Waals surface area contributed by atoms with Crippen molar-refractivity contribution in [1.82, 2.24) is 5.32 Å². The predicted octanol–water partition coefficient (Wildman–Crippen LogP) is 1.20. The van der Waals surface area contributed by atoms with Crippen molar-refractivity contribution in [3.8, 4) is 0 Å². The van der Waals surface area contributed by atoms with Gasteiger partial charge >= 0.3 is 0 Å². The van der Waals surface area contributed by atoms with Gasteiger partial charge < -0.3 is 21.0 Å². The number of nitrogens with zero attached hydrogens (tertiary/aromatic N) is 1. The molecule has 2 rings (SSSR count). The molecule has 1 saturated heterocycles. The maximum Gasteiger partial charge on any atom is 0.235 e. The minimum absolute atomic E-state index is 0.0786. The van der Waals surface area contributed by atoms with E-state index in [1.165, 1.54) is 0 Å². The van der Waals surface area contributed by atoms with Gasteiger partial charge in [0.2, 0.25) is 5.91 Å². The Morgan fingerprint density at radius 1 is 1.52 bits per heavy atom. The number of carbonyl (C=O) groups is 1. The maximum atomic E-state index is 12.6. The Kier molecular flexibility index (Phi) is 4.47. The number of carbonyl (C=O) groups excluding carboxylic acids is 1. The third-order valence-corrected chi connectivity index (χ3v) is 4.10. The Morgan fingerprint density at radius 3 is 2.71 bits per heavy atom. The number of hydrogen-bond acceptors (Lipinski definition) is 4. The van der Waals surface area contributed by atoms with Crippen LogP contribution in [0.15, 0.2) is 35.5 Å². The number of benzene rings is 1. The average molecular weight is 291 g/mol. The first kappa shape index (κ1) is 15.3. The lowest BCUT2D eigenvalue weighted by Crippen LogP contribution is -2.53. The molecule has 114 valence electrons. The summed E-state index contributed by atoms with van der Waals surface area (Å²) in [6.45, 7) is 4.47. The minimum Gasteiger partial charge on any atom is -0.409 e. The molecule has 0 spiro atoms. The van der Waals surface area contributed by atoms with Crippen molar-refractivity contribution in [2.24, 2.45) is 10.9 Å². The van der Waals surface area contributed by atoms with Gasteiger partial charge in [0.05, 0.1) is 11.6 Å². The molecule has 6 heteroatoms. The molecule has 3 atom stereocenters. The smallest absolute Gasteiger partial charge is 0.235 e. The Balaban J connectivity index is 2.24. The fraction of sp³-hybridized carbons (Fsp3) is 0.467. The van der Waals surface area contributed by atoms with Crippen LogP contribution in [0.3, 0.4) is 0 Å². The van der Waals surface area contributed by atoms with Gasteiger partial charge in [0.15, 0.2) is 5.84 Å². The van der Waals surface area contributed by atoms with E-state index in [9.17, 15) is 4.79 Å². The number of rotatable bonds is 4. The van der Waals surface area contributed by atoms with E-state index in [-0.39, 0.29) is 17.8 Å². The summed E-state index contributed by atoms with van der Waals surface area (Å²) in [5.41, 5.74) is 5.95. The van der Waals surface area contributed by atoms with E-state index in [1.54, 1.807) is 12.1 Å². The summed E-state index contributed by atoms with van der Waals surface area (Å²) in [4.78, 5) is 12.6. The lowest BCUT2D eigenvalue weighted by atomic mass is 9.91. The zero-order valence-electron chi connectivity index (χ0n) is 12.2. The molecule has 0 saturated carbocycles. The highest BCUT2D eigenvalue weighted by Crippen LogP contribution is 2.27. The first-order valence-corrected chi connectivity index (χ1v) is 6.94. The molecule has 1 aliphatic rings. The zero-order chi connectivity index (χ0) is 15.5. The van der Waals surface area contributed by atoms with Crippen molar-refractivity contribution >= 4 is 11.7 Å². The highest BCUT2D eigenvalue weighted by molar-refractivity contribution is 6.07. The van der Waals surface area contributed by atoms with Crippen molar-refractivity contribution in [3.63, 3.8) is 0 Å². The number of hydrogen-bond donors (Lipinski definition) is 3. The first-order valence-electron chi connectivity index (χ1n) is 6.94. The molecular weight excluding hydrogens is 270 g/mol. The van der Waals surface area contributed by atoms with Crippen LogP contribution < -0.4 is 11.1 Å². The average Bonchev–Trinajstić information content (AvgIpc) is 2.79. The lowest BCUT2D eigenvalue weighted by molar-refractivity contribution is -0.123. The van der Waals surface area contributed by atoms with Crippen LogP contribution in [0.4, 0.5) is 0 Å². The summed E-state index contributed by atoms with van der Waals surface area (Å²) in [7, 11) is 0. The van der Waals surface area contributed by atoms with Crippen molar-refractivity contribution in [2.45, 2.75) is 37.8 Å². The number of nitrogens with one attached hydrogen (secondary N) is 1. The van der Waals surface area contributed by atoms with Crippen molar-refractivity contribution < 1.29 is 14.7 Å². The van der Waals surface area contributed by atoms with E-state index in [2.05, 4.69) is 10.5 Å². The lowest BCUT2D eigenvalue weighted by Gasteiger charge is -2.30. The Hall–Kier alpha value is -2.08. The van der Waals surface area contributed by atoms with Gasteiger partial charge in [-0.25, -0.2) is 0 Å². The van der Waals surface area contributed by atoms with E-state index in [4.69, 9.17) is 15.7 Å². The zero-order valence-corrected chi connectivity index (χ0v) is 12.2. The number of oxime groups is 1. The fourth-order valence-electron chi connectivity index (χ4n) is 2.51. The third kappa shape index (κ3) is 3.16. The summed E-state index contributed by atoms with van der Waals surface area (Å²) in [5, 5.41) is 14.9. The van der Waals surface area contributed by atoms with Gasteiger partial charge in [-0.15, -0.1) is 0 Å². The van der Waals surface area contributed by atoms with Crippen molar-refractivity contribution in [3.05, 3.63) is 35.9 Å². The van der Waals surface area contributed by atoms with Gasteiger partial charge in [-0.1, -0.05) is 35.5 Å². The normalized spacial score (nSPS) is 27.3. The van der Waals surface area contributed by atoms with Crippen LogP contribution in [0.25, 0.3) is 0 Å². The molecule has 6 nitrogen and oxygen atoms in total. The molecule has 4 N–H and O–H groups in total. The van der Waals surface area contributed by atoms with Gasteiger partial charge in [-0.2, -0.15) is 0 Å².